The predicted molar refractivity (Wildman–Crippen MR) is 97.1 cm³/mol. The fourth-order valence-electron chi connectivity index (χ4n) is 2.95. The monoisotopic (exact) mass is 353 g/mol. The predicted octanol–water partition coefficient (Wildman–Crippen LogP) is 3.57. The van der Waals surface area contributed by atoms with Gasteiger partial charge in [0.25, 0.3) is 5.91 Å². The van der Waals surface area contributed by atoms with Crippen LogP contribution in [0.25, 0.3) is 0 Å². The van der Waals surface area contributed by atoms with Gasteiger partial charge in [0, 0.05) is 25.0 Å². The van der Waals surface area contributed by atoms with Gasteiger partial charge < -0.3 is 13.9 Å². The Morgan fingerprint density at radius 3 is 2.84 bits per heavy atom. The first-order valence-electron chi connectivity index (χ1n) is 8.29. The van der Waals surface area contributed by atoms with Crippen LogP contribution >= 0.6 is 11.8 Å². The number of carbonyl (C=O) groups excluding carboxylic acids is 1. The smallest absolute Gasteiger partial charge is 0.274 e. The van der Waals surface area contributed by atoms with Gasteiger partial charge in [-0.25, -0.2) is 4.98 Å². The number of aromatic nitrogens is 2. The number of benzene rings is 1. The van der Waals surface area contributed by atoms with Gasteiger partial charge in [-0.2, -0.15) is 11.8 Å². The van der Waals surface area contributed by atoms with Crippen LogP contribution in [0.3, 0.4) is 0 Å². The molecule has 0 N–H and O–H groups in total. The van der Waals surface area contributed by atoms with Gasteiger partial charge in [-0.3, -0.25) is 4.79 Å². The fourth-order valence-corrected chi connectivity index (χ4v) is 3.83. The van der Waals surface area contributed by atoms with Crippen molar-refractivity contribution in [2.75, 3.05) is 5.75 Å². The summed E-state index contributed by atoms with van der Waals surface area (Å²) in [6.07, 6.45) is 3.52. The van der Waals surface area contributed by atoms with E-state index in [4.69, 9.17) is 4.42 Å². The molecule has 0 fully saturated rings. The number of fused-ring (bicyclic) bond motifs is 1. The third-order valence-corrected chi connectivity index (χ3v) is 5.15. The van der Waals surface area contributed by atoms with Crippen molar-refractivity contribution in [3.8, 4) is 0 Å². The molecule has 3 heterocycles. The van der Waals surface area contributed by atoms with E-state index in [0.29, 0.717) is 18.8 Å². The van der Waals surface area contributed by atoms with Crippen molar-refractivity contribution < 1.29 is 9.21 Å². The molecule has 0 bridgehead atoms. The highest BCUT2D eigenvalue weighted by molar-refractivity contribution is 7.98. The minimum atomic E-state index is -0.0628. The zero-order valence-electron chi connectivity index (χ0n) is 13.8. The Hall–Kier alpha value is -2.47. The Labute approximate surface area is 150 Å². The standard InChI is InChI=1S/C19H19N3O2S/c23-19(17-13-21-8-10-25-14-18(21)20-17)22(12-16-7-4-9-24-16)11-15-5-2-1-3-6-15/h1-7,9,13H,8,10-12,14H2. The van der Waals surface area contributed by atoms with Crippen molar-refractivity contribution in [2.45, 2.75) is 25.4 Å². The molecule has 0 aliphatic carbocycles. The Morgan fingerprint density at radius 2 is 2.08 bits per heavy atom. The Morgan fingerprint density at radius 1 is 1.20 bits per heavy atom. The number of carbonyl (C=O) groups is 1. The molecule has 6 heteroatoms. The maximum absolute atomic E-state index is 13.1. The summed E-state index contributed by atoms with van der Waals surface area (Å²) >= 11 is 1.85. The Balaban J connectivity index is 1.59. The second kappa shape index (κ2) is 7.19. The quantitative estimate of drug-likeness (QED) is 0.704. The number of aryl methyl sites for hydroxylation is 1. The van der Waals surface area contributed by atoms with Crippen LogP contribution < -0.4 is 0 Å². The summed E-state index contributed by atoms with van der Waals surface area (Å²) in [5.41, 5.74) is 1.60. The molecule has 4 rings (SSSR count). The zero-order valence-corrected chi connectivity index (χ0v) is 14.6. The second-order valence-corrected chi connectivity index (χ2v) is 7.12. The average Bonchev–Trinajstić information content (AvgIpc) is 3.30. The SMILES string of the molecule is O=C(c1cn2c(n1)CSCC2)N(Cc1ccccc1)Cc1ccco1. The molecule has 25 heavy (non-hydrogen) atoms. The molecule has 1 aliphatic rings. The maximum atomic E-state index is 13.1. The van der Waals surface area contributed by atoms with Gasteiger partial charge in [0.1, 0.15) is 17.3 Å². The van der Waals surface area contributed by atoms with E-state index in [9.17, 15) is 4.79 Å². The third-order valence-electron chi connectivity index (χ3n) is 4.22. The molecule has 0 radical (unpaired) electrons. The van der Waals surface area contributed by atoms with Gasteiger partial charge in [0.15, 0.2) is 0 Å². The molecular formula is C19H19N3O2S. The fraction of sp³-hybridized carbons (Fsp3) is 0.263. The first-order chi connectivity index (χ1) is 12.3. The summed E-state index contributed by atoms with van der Waals surface area (Å²) in [5, 5.41) is 0. The first kappa shape index (κ1) is 16.0. The molecule has 128 valence electrons. The summed E-state index contributed by atoms with van der Waals surface area (Å²) in [4.78, 5) is 19.4. The summed E-state index contributed by atoms with van der Waals surface area (Å²) in [7, 11) is 0. The van der Waals surface area contributed by atoms with Crippen LogP contribution in [0.15, 0.2) is 59.3 Å². The lowest BCUT2D eigenvalue weighted by Gasteiger charge is -2.21. The number of hydrogen-bond donors (Lipinski definition) is 0. The number of rotatable bonds is 5. The molecule has 2 aromatic heterocycles. The molecule has 5 nitrogen and oxygen atoms in total. The van der Waals surface area contributed by atoms with Crippen molar-refractivity contribution in [2.24, 2.45) is 0 Å². The average molecular weight is 353 g/mol. The van der Waals surface area contributed by atoms with Crippen LogP contribution in [0.5, 0.6) is 0 Å². The van der Waals surface area contributed by atoms with Crippen molar-refractivity contribution in [1.29, 1.82) is 0 Å². The van der Waals surface area contributed by atoms with Gasteiger partial charge in [-0.05, 0) is 17.7 Å². The van der Waals surface area contributed by atoms with Crippen LogP contribution in [0, 0.1) is 0 Å². The molecule has 1 aliphatic heterocycles. The molecule has 0 saturated carbocycles. The van der Waals surface area contributed by atoms with Gasteiger partial charge in [0.05, 0.1) is 18.6 Å². The van der Waals surface area contributed by atoms with Crippen molar-refractivity contribution in [3.63, 3.8) is 0 Å². The van der Waals surface area contributed by atoms with Gasteiger partial charge in [0.2, 0.25) is 0 Å². The van der Waals surface area contributed by atoms with Gasteiger partial charge in [-0.15, -0.1) is 0 Å². The molecule has 3 aromatic rings. The lowest BCUT2D eigenvalue weighted by molar-refractivity contribution is 0.0712. The normalized spacial score (nSPS) is 13.4. The highest BCUT2D eigenvalue weighted by Crippen LogP contribution is 2.20. The minimum Gasteiger partial charge on any atom is -0.467 e. The van der Waals surface area contributed by atoms with Crippen LogP contribution in [-0.4, -0.2) is 26.1 Å². The van der Waals surface area contributed by atoms with E-state index < -0.39 is 0 Å². The third kappa shape index (κ3) is 3.64. The van der Waals surface area contributed by atoms with Crippen LogP contribution in [0.4, 0.5) is 0 Å². The second-order valence-electron chi connectivity index (χ2n) is 6.01. The molecule has 0 unspecified atom stereocenters. The minimum absolute atomic E-state index is 0.0628. The summed E-state index contributed by atoms with van der Waals surface area (Å²) in [5.74, 6) is 3.62. The maximum Gasteiger partial charge on any atom is 0.274 e. The molecule has 0 atom stereocenters. The van der Waals surface area contributed by atoms with E-state index in [1.807, 2.05) is 60.4 Å². The van der Waals surface area contributed by atoms with Crippen molar-refractivity contribution >= 4 is 17.7 Å². The highest BCUT2D eigenvalue weighted by Gasteiger charge is 2.23. The highest BCUT2D eigenvalue weighted by atomic mass is 32.2. The molecular weight excluding hydrogens is 334 g/mol. The van der Waals surface area contributed by atoms with E-state index in [1.165, 1.54) is 0 Å². The zero-order chi connectivity index (χ0) is 17.1. The van der Waals surface area contributed by atoms with Crippen molar-refractivity contribution in [1.82, 2.24) is 14.5 Å². The number of furan rings is 1. The van der Waals surface area contributed by atoms with E-state index in [1.54, 1.807) is 11.2 Å². The molecule has 0 spiro atoms. The summed E-state index contributed by atoms with van der Waals surface area (Å²) in [6, 6.07) is 13.7. The number of thioether (sulfide) groups is 1. The van der Waals surface area contributed by atoms with Crippen LogP contribution in [0.1, 0.15) is 27.6 Å². The van der Waals surface area contributed by atoms with E-state index in [2.05, 4.69) is 9.55 Å². The van der Waals surface area contributed by atoms with Crippen molar-refractivity contribution in [3.05, 3.63) is 77.8 Å². The molecule has 0 saturated heterocycles. The number of imidazole rings is 1. The lowest BCUT2D eigenvalue weighted by atomic mass is 10.2. The topological polar surface area (TPSA) is 51.3 Å². The Bertz CT molecular complexity index is 819. The summed E-state index contributed by atoms with van der Waals surface area (Å²) < 4.78 is 7.54. The van der Waals surface area contributed by atoms with Gasteiger partial charge in [-0.1, -0.05) is 30.3 Å². The first-order valence-corrected chi connectivity index (χ1v) is 9.44. The largest absolute Gasteiger partial charge is 0.467 e. The van der Waals surface area contributed by atoms with E-state index in [0.717, 1.165) is 35.2 Å². The Kier molecular flexibility index (Phi) is 4.61. The summed E-state index contributed by atoms with van der Waals surface area (Å²) in [6.45, 7) is 1.87. The van der Waals surface area contributed by atoms with Gasteiger partial charge >= 0.3 is 0 Å². The van der Waals surface area contributed by atoms with E-state index >= 15 is 0 Å². The molecule has 1 aromatic carbocycles. The van der Waals surface area contributed by atoms with Crippen LogP contribution in [-0.2, 0) is 25.4 Å². The number of nitrogens with zero attached hydrogens (tertiary/aromatic N) is 3. The molecule has 1 amide bonds. The lowest BCUT2D eigenvalue weighted by Crippen LogP contribution is -2.30. The van der Waals surface area contributed by atoms with E-state index in [-0.39, 0.29) is 5.91 Å². The number of hydrogen-bond acceptors (Lipinski definition) is 4. The van der Waals surface area contributed by atoms with Crippen LogP contribution in [0.2, 0.25) is 0 Å². The number of amides is 1.